The number of hydrogen-bond acceptors (Lipinski definition) is 4. The Hall–Kier alpha value is -0.170. The predicted molar refractivity (Wildman–Crippen MR) is 84.8 cm³/mol. The lowest BCUT2D eigenvalue weighted by atomic mass is 10.1. The van der Waals surface area contributed by atoms with E-state index in [0.717, 1.165) is 12.8 Å². The molecule has 0 aromatic rings. The van der Waals surface area contributed by atoms with Crippen LogP contribution in [-0.2, 0) is 19.3 Å². The van der Waals surface area contributed by atoms with Crippen molar-refractivity contribution >= 4 is 10.4 Å². The number of hydrogen-bond donors (Lipinski definition) is 1. The summed E-state index contributed by atoms with van der Waals surface area (Å²) in [6.45, 7) is 4.57. The maximum atomic E-state index is 10.4. The van der Waals surface area contributed by atoms with Gasteiger partial charge < -0.3 is 4.74 Å². The first-order valence-corrected chi connectivity index (χ1v) is 9.55. The Labute approximate surface area is 130 Å². The van der Waals surface area contributed by atoms with Crippen molar-refractivity contribution in [3.05, 3.63) is 0 Å². The Balaban J connectivity index is 3.19. The van der Waals surface area contributed by atoms with Gasteiger partial charge >= 0.3 is 10.4 Å². The highest BCUT2D eigenvalue weighted by atomic mass is 32.3. The molecular formula is C15H32O5S. The van der Waals surface area contributed by atoms with Gasteiger partial charge in [0.25, 0.3) is 0 Å². The van der Waals surface area contributed by atoms with Crippen molar-refractivity contribution in [2.75, 3.05) is 13.2 Å². The molecule has 1 unspecified atom stereocenters. The van der Waals surface area contributed by atoms with Crippen LogP contribution in [0.25, 0.3) is 0 Å². The van der Waals surface area contributed by atoms with E-state index in [1.54, 1.807) is 6.92 Å². The van der Waals surface area contributed by atoms with E-state index in [2.05, 4.69) is 11.1 Å². The second kappa shape index (κ2) is 13.5. The second-order valence-corrected chi connectivity index (χ2v) is 6.64. The van der Waals surface area contributed by atoms with E-state index in [1.807, 2.05) is 0 Å². The third kappa shape index (κ3) is 17.8. The van der Waals surface area contributed by atoms with Crippen LogP contribution in [0.15, 0.2) is 0 Å². The monoisotopic (exact) mass is 324 g/mol. The lowest BCUT2D eigenvalue weighted by Gasteiger charge is -2.10. The van der Waals surface area contributed by atoms with Gasteiger partial charge in [-0.25, -0.2) is 4.18 Å². The first kappa shape index (κ1) is 20.8. The minimum atomic E-state index is -4.37. The number of ether oxygens (including phenoxy) is 1. The normalized spacial score (nSPS) is 13.5. The summed E-state index contributed by atoms with van der Waals surface area (Å²) in [6, 6.07) is 0. The first-order valence-electron chi connectivity index (χ1n) is 8.19. The molecule has 0 saturated heterocycles. The fourth-order valence-electron chi connectivity index (χ4n) is 2.18. The Morgan fingerprint density at radius 3 is 1.86 bits per heavy atom. The molecular weight excluding hydrogens is 292 g/mol. The quantitative estimate of drug-likeness (QED) is 0.362. The van der Waals surface area contributed by atoms with Crippen LogP contribution in [0, 0.1) is 0 Å². The fraction of sp³-hybridized carbons (Fsp3) is 1.00. The molecule has 0 aromatic carbocycles. The molecule has 0 bridgehead atoms. The number of rotatable bonds is 15. The van der Waals surface area contributed by atoms with Gasteiger partial charge in [0, 0.05) is 6.61 Å². The van der Waals surface area contributed by atoms with Crippen molar-refractivity contribution in [1.29, 1.82) is 0 Å². The summed E-state index contributed by atoms with van der Waals surface area (Å²) in [4.78, 5) is 0. The molecule has 0 amide bonds. The highest BCUT2D eigenvalue weighted by Gasteiger charge is 2.11. The Kier molecular flexibility index (Phi) is 13.4. The third-order valence-electron chi connectivity index (χ3n) is 3.28. The molecule has 0 aliphatic carbocycles. The van der Waals surface area contributed by atoms with Crippen molar-refractivity contribution in [3.63, 3.8) is 0 Å². The van der Waals surface area contributed by atoms with E-state index in [0.29, 0.717) is 6.61 Å². The molecule has 21 heavy (non-hydrogen) atoms. The van der Waals surface area contributed by atoms with Gasteiger partial charge in [0.15, 0.2) is 0 Å². The van der Waals surface area contributed by atoms with Crippen LogP contribution < -0.4 is 0 Å². The van der Waals surface area contributed by atoms with Crippen LogP contribution in [-0.4, -0.2) is 32.3 Å². The standard InChI is InChI=1S/C15H32O5S/c1-3-4-5-6-7-8-9-10-11-12-13-19-14-15(2)20-21(16,17)18/h15H,3-14H2,1-2H3,(H,16,17,18). The number of unbranched alkanes of at least 4 members (excludes halogenated alkanes) is 9. The van der Waals surface area contributed by atoms with Crippen molar-refractivity contribution in [2.24, 2.45) is 0 Å². The van der Waals surface area contributed by atoms with Gasteiger partial charge in [-0.3, -0.25) is 4.55 Å². The zero-order valence-corrected chi connectivity index (χ0v) is 14.4. The molecule has 0 radical (unpaired) electrons. The van der Waals surface area contributed by atoms with Crippen molar-refractivity contribution in [3.8, 4) is 0 Å². The second-order valence-electron chi connectivity index (χ2n) is 5.59. The summed E-state index contributed by atoms with van der Waals surface area (Å²) in [7, 11) is -4.37. The average molecular weight is 324 g/mol. The van der Waals surface area contributed by atoms with Crippen molar-refractivity contribution < 1.29 is 21.9 Å². The smallest absolute Gasteiger partial charge is 0.379 e. The van der Waals surface area contributed by atoms with Gasteiger partial charge in [0.2, 0.25) is 0 Å². The molecule has 0 spiro atoms. The third-order valence-corrected chi connectivity index (χ3v) is 3.85. The Bertz CT molecular complexity index is 316. The molecule has 0 aliphatic heterocycles. The van der Waals surface area contributed by atoms with Gasteiger partial charge in [0.1, 0.15) is 0 Å². The molecule has 0 heterocycles. The maximum absolute atomic E-state index is 10.4. The van der Waals surface area contributed by atoms with E-state index in [-0.39, 0.29) is 6.61 Å². The Morgan fingerprint density at radius 1 is 0.905 bits per heavy atom. The van der Waals surface area contributed by atoms with Crippen molar-refractivity contribution in [1.82, 2.24) is 0 Å². The lowest BCUT2D eigenvalue weighted by Crippen LogP contribution is -2.20. The molecule has 1 N–H and O–H groups in total. The summed E-state index contributed by atoms with van der Waals surface area (Å²) in [6.07, 6.45) is 12.1. The largest absolute Gasteiger partial charge is 0.397 e. The molecule has 6 heteroatoms. The summed E-state index contributed by atoms with van der Waals surface area (Å²) >= 11 is 0. The van der Waals surface area contributed by atoms with Gasteiger partial charge in [-0.2, -0.15) is 8.42 Å². The minimum Gasteiger partial charge on any atom is -0.379 e. The zero-order chi connectivity index (χ0) is 16.0. The summed E-state index contributed by atoms with van der Waals surface area (Å²) < 4.78 is 39.0. The fourth-order valence-corrected chi connectivity index (χ4v) is 2.65. The predicted octanol–water partition coefficient (Wildman–Crippen LogP) is 4.13. The SMILES string of the molecule is CCCCCCCCCCCCOCC(C)OS(=O)(=O)O. The molecule has 0 aliphatic rings. The minimum absolute atomic E-state index is 0.178. The Morgan fingerprint density at radius 2 is 1.38 bits per heavy atom. The van der Waals surface area contributed by atoms with Crippen LogP contribution in [0.5, 0.6) is 0 Å². The molecule has 5 nitrogen and oxygen atoms in total. The van der Waals surface area contributed by atoms with Gasteiger partial charge in [-0.15, -0.1) is 0 Å². The highest BCUT2D eigenvalue weighted by molar-refractivity contribution is 7.80. The summed E-state index contributed by atoms with van der Waals surface area (Å²) in [5.74, 6) is 0. The molecule has 1 atom stereocenters. The first-order chi connectivity index (χ1) is 9.95. The summed E-state index contributed by atoms with van der Waals surface area (Å²) in [5, 5.41) is 0. The lowest BCUT2D eigenvalue weighted by molar-refractivity contribution is 0.0538. The van der Waals surface area contributed by atoms with Crippen LogP contribution >= 0.6 is 0 Å². The van der Waals surface area contributed by atoms with E-state index in [1.165, 1.54) is 51.4 Å². The van der Waals surface area contributed by atoms with Crippen molar-refractivity contribution in [2.45, 2.75) is 84.2 Å². The topological polar surface area (TPSA) is 72.8 Å². The van der Waals surface area contributed by atoms with Crippen LogP contribution in [0.4, 0.5) is 0 Å². The van der Waals surface area contributed by atoms with Gasteiger partial charge in [-0.05, 0) is 13.3 Å². The zero-order valence-electron chi connectivity index (χ0n) is 13.6. The van der Waals surface area contributed by atoms with E-state index < -0.39 is 16.5 Å². The maximum Gasteiger partial charge on any atom is 0.397 e. The van der Waals surface area contributed by atoms with E-state index in [4.69, 9.17) is 9.29 Å². The summed E-state index contributed by atoms with van der Waals surface area (Å²) in [5.41, 5.74) is 0. The van der Waals surface area contributed by atoms with Gasteiger partial charge in [-0.1, -0.05) is 64.7 Å². The highest BCUT2D eigenvalue weighted by Crippen LogP contribution is 2.10. The van der Waals surface area contributed by atoms with Crippen LogP contribution in [0.2, 0.25) is 0 Å². The van der Waals surface area contributed by atoms with Crippen LogP contribution in [0.1, 0.15) is 78.1 Å². The molecule has 0 rings (SSSR count). The molecule has 0 saturated carbocycles. The van der Waals surface area contributed by atoms with Gasteiger partial charge in [0.05, 0.1) is 12.7 Å². The van der Waals surface area contributed by atoms with Crippen LogP contribution in [0.3, 0.4) is 0 Å². The average Bonchev–Trinajstić information content (AvgIpc) is 2.38. The van der Waals surface area contributed by atoms with E-state index in [9.17, 15) is 8.42 Å². The van der Waals surface area contributed by atoms with E-state index >= 15 is 0 Å². The molecule has 0 aromatic heterocycles. The molecule has 128 valence electrons. The molecule has 0 fully saturated rings.